The number of hydrogen-bond donors (Lipinski definition) is 0. The number of carbonyl (C=O) groups excluding carboxylic acids is 1. The molecule has 0 radical (unpaired) electrons. The molecule has 0 aliphatic heterocycles. The van der Waals surface area contributed by atoms with E-state index in [1.807, 2.05) is 39.8 Å². The van der Waals surface area contributed by atoms with Crippen molar-refractivity contribution < 1.29 is 18.3 Å². The Balaban J connectivity index is 0. The lowest BCUT2D eigenvalue weighted by molar-refractivity contribution is -0.106. The second-order valence-corrected chi connectivity index (χ2v) is 5.79. The molecule has 0 fully saturated rings. The lowest BCUT2D eigenvalue weighted by atomic mass is 9.97. The van der Waals surface area contributed by atoms with E-state index in [-0.39, 0.29) is 18.8 Å². The summed E-state index contributed by atoms with van der Waals surface area (Å²) in [6.07, 6.45) is 5.00. The van der Waals surface area contributed by atoms with Crippen LogP contribution in [0.25, 0.3) is 0 Å². The molecule has 0 aliphatic rings. The number of rotatable bonds is 7. The van der Waals surface area contributed by atoms with Crippen molar-refractivity contribution in [2.45, 2.75) is 72.6 Å². The first kappa shape index (κ1) is 24.7. The van der Waals surface area contributed by atoms with Crippen LogP contribution in [0.4, 0.5) is 8.78 Å². The minimum Gasteiger partial charge on any atom is -0.481 e. The quantitative estimate of drug-likeness (QED) is 0.582. The second kappa shape index (κ2) is 15.0. The number of alkyl halides is 2. The summed E-state index contributed by atoms with van der Waals surface area (Å²) in [6, 6.07) is 3.81. The van der Waals surface area contributed by atoms with Crippen LogP contribution in [0, 0.1) is 12.8 Å². The van der Waals surface area contributed by atoms with Crippen LogP contribution in [0.1, 0.15) is 65.4 Å². The monoisotopic (exact) mass is 345 g/mol. The average molecular weight is 345 g/mol. The molecular weight excluding hydrogens is 312 g/mol. The SMILES string of the molecule is CC=O.CCCCC(F)(F)CC(C)CC.COc1ccc(C)cn1. The van der Waals surface area contributed by atoms with Crippen molar-refractivity contribution in [3.05, 3.63) is 23.9 Å². The lowest BCUT2D eigenvalue weighted by Gasteiger charge is -2.19. The van der Waals surface area contributed by atoms with Gasteiger partial charge in [-0.1, -0.05) is 39.7 Å². The van der Waals surface area contributed by atoms with Crippen molar-refractivity contribution in [2.75, 3.05) is 7.11 Å². The molecule has 24 heavy (non-hydrogen) atoms. The molecule has 0 aromatic carbocycles. The van der Waals surface area contributed by atoms with Crippen molar-refractivity contribution in [2.24, 2.45) is 5.92 Å². The maximum Gasteiger partial charge on any atom is 0.248 e. The molecule has 1 aromatic heterocycles. The summed E-state index contributed by atoms with van der Waals surface area (Å²) < 4.78 is 31.0. The Morgan fingerprint density at radius 1 is 1.33 bits per heavy atom. The lowest BCUT2D eigenvalue weighted by Crippen LogP contribution is -2.19. The molecule has 0 bridgehead atoms. The maximum atomic E-state index is 13.0. The molecule has 1 aromatic rings. The molecule has 0 spiro atoms. The average Bonchev–Trinajstić information content (AvgIpc) is 2.54. The number of pyridine rings is 1. The summed E-state index contributed by atoms with van der Waals surface area (Å²) in [6.45, 7) is 9.23. The first-order valence-corrected chi connectivity index (χ1v) is 8.50. The van der Waals surface area contributed by atoms with Crippen LogP contribution in [-0.2, 0) is 4.79 Å². The number of aldehydes is 1. The zero-order chi connectivity index (χ0) is 19.0. The third kappa shape index (κ3) is 15.4. The van der Waals surface area contributed by atoms with Crippen molar-refractivity contribution in [3.8, 4) is 5.88 Å². The van der Waals surface area contributed by atoms with Crippen LogP contribution >= 0.6 is 0 Å². The predicted octanol–water partition coefficient (Wildman–Crippen LogP) is 5.85. The number of unbranched alkanes of at least 4 members (excludes halogenated alkanes) is 1. The molecule has 5 heteroatoms. The first-order valence-electron chi connectivity index (χ1n) is 8.50. The molecule has 1 atom stereocenters. The van der Waals surface area contributed by atoms with Gasteiger partial charge in [-0.3, -0.25) is 0 Å². The Kier molecular flexibility index (Phi) is 15.5. The highest BCUT2D eigenvalue weighted by Crippen LogP contribution is 2.29. The fraction of sp³-hybridized carbons (Fsp3) is 0.684. The number of halogens is 2. The highest BCUT2D eigenvalue weighted by atomic mass is 19.3. The summed E-state index contributed by atoms with van der Waals surface area (Å²) in [5.41, 5.74) is 1.15. The number of nitrogens with zero attached hydrogens (tertiary/aromatic N) is 1. The second-order valence-electron chi connectivity index (χ2n) is 5.79. The summed E-state index contributed by atoms with van der Waals surface area (Å²) in [5, 5.41) is 0. The first-order chi connectivity index (χ1) is 11.3. The van der Waals surface area contributed by atoms with Gasteiger partial charge in [0.2, 0.25) is 11.8 Å². The molecule has 1 rings (SSSR count). The number of methoxy groups -OCH3 is 1. The van der Waals surface area contributed by atoms with Gasteiger partial charge in [-0.25, -0.2) is 13.8 Å². The fourth-order valence-corrected chi connectivity index (χ4v) is 1.77. The number of carbonyl (C=O) groups is 1. The van der Waals surface area contributed by atoms with Gasteiger partial charge in [0, 0.05) is 25.1 Å². The van der Waals surface area contributed by atoms with Crippen LogP contribution in [0.5, 0.6) is 5.88 Å². The van der Waals surface area contributed by atoms with Gasteiger partial charge in [0.15, 0.2) is 0 Å². The number of aromatic nitrogens is 1. The van der Waals surface area contributed by atoms with Crippen molar-refractivity contribution >= 4 is 6.29 Å². The molecule has 0 amide bonds. The Hall–Kier alpha value is -1.52. The van der Waals surface area contributed by atoms with E-state index in [1.165, 1.54) is 6.92 Å². The zero-order valence-electron chi connectivity index (χ0n) is 15.9. The summed E-state index contributed by atoms with van der Waals surface area (Å²) in [5.74, 6) is -1.61. The van der Waals surface area contributed by atoms with Crippen molar-refractivity contribution in [3.63, 3.8) is 0 Å². The van der Waals surface area contributed by atoms with Gasteiger partial charge < -0.3 is 9.53 Å². The van der Waals surface area contributed by atoms with Crippen molar-refractivity contribution in [1.82, 2.24) is 4.98 Å². The molecular formula is C19H33F2NO2. The summed E-state index contributed by atoms with van der Waals surface area (Å²) in [4.78, 5) is 12.8. The van der Waals surface area contributed by atoms with E-state index in [9.17, 15) is 8.78 Å². The Morgan fingerprint density at radius 2 is 1.92 bits per heavy atom. The third-order valence-electron chi connectivity index (χ3n) is 3.33. The van der Waals surface area contributed by atoms with E-state index in [2.05, 4.69) is 4.98 Å². The van der Waals surface area contributed by atoms with E-state index in [0.717, 1.165) is 24.7 Å². The molecule has 0 aliphatic carbocycles. The van der Waals surface area contributed by atoms with Crippen LogP contribution in [0.3, 0.4) is 0 Å². The molecule has 1 heterocycles. The fourth-order valence-electron chi connectivity index (χ4n) is 1.77. The van der Waals surface area contributed by atoms with Crippen molar-refractivity contribution in [1.29, 1.82) is 0 Å². The number of ether oxygens (including phenoxy) is 1. The standard InChI is InChI=1S/C10H20F2.C7H9NO.C2H4O/c1-4-6-7-10(11,12)8-9(3)5-2;1-6-3-4-7(9-2)8-5-6;1-2-3/h9H,4-8H2,1-3H3;3-5H,1-2H3;2H,1H3. The maximum absolute atomic E-state index is 13.0. The summed E-state index contributed by atoms with van der Waals surface area (Å²) >= 11 is 0. The van der Waals surface area contributed by atoms with Gasteiger partial charge in [0.1, 0.15) is 6.29 Å². The largest absolute Gasteiger partial charge is 0.481 e. The summed E-state index contributed by atoms with van der Waals surface area (Å²) in [7, 11) is 1.61. The van der Waals surface area contributed by atoms with Crippen LogP contribution in [0.2, 0.25) is 0 Å². The van der Waals surface area contributed by atoms with Gasteiger partial charge in [-0.15, -0.1) is 0 Å². The van der Waals surface area contributed by atoms with E-state index >= 15 is 0 Å². The van der Waals surface area contributed by atoms with Crippen LogP contribution in [-0.4, -0.2) is 24.3 Å². The molecule has 3 nitrogen and oxygen atoms in total. The minimum atomic E-state index is -2.43. The Morgan fingerprint density at radius 3 is 2.29 bits per heavy atom. The van der Waals surface area contributed by atoms with Crippen LogP contribution < -0.4 is 4.74 Å². The van der Waals surface area contributed by atoms with Gasteiger partial charge in [-0.05, 0) is 31.7 Å². The number of hydrogen-bond acceptors (Lipinski definition) is 3. The smallest absolute Gasteiger partial charge is 0.248 e. The van der Waals surface area contributed by atoms with Gasteiger partial charge in [0.25, 0.3) is 0 Å². The van der Waals surface area contributed by atoms with E-state index in [0.29, 0.717) is 12.3 Å². The Labute approximate surface area is 145 Å². The highest BCUT2D eigenvalue weighted by Gasteiger charge is 2.29. The van der Waals surface area contributed by atoms with E-state index in [1.54, 1.807) is 13.3 Å². The normalized spacial score (nSPS) is 11.3. The number of aryl methyl sites for hydroxylation is 1. The van der Waals surface area contributed by atoms with Gasteiger partial charge in [0.05, 0.1) is 7.11 Å². The van der Waals surface area contributed by atoms with Gasteiger partial charge >= 0.3 is 0 Å². The van der Waals surface area contributed by atoms with Crippen LogP contribution in [0.15, 0.2) is 18.3 Å². The molecule has 0 N–H and O–H groups in total. The predicted molar refractivity (Wildman–Crippen MR) is 95.8 cm³/mol. The van der Waals surface area contributed by atoms with Gasteiger partial charge in [-0.2, -0.15) is 0 Å². The van der Waals surface area contributed by atoms with E-state index in [4.69, 9.17) is 9.53 Å². The molecule has 1 unspecified atom stereocenters. The van der Waals surface area contributed by atoms with E-state index < -0.39 is 5.92 Å². The highest BCUT2D eigenvalue weighted by molar-refractivity contribution is 5.44. The molecule has 0 saturated carbocycles. The minimum absolute atomic E-state index is 0.0590. The zero-order valence-corrected chi connectivity index (χ0v) is 15.9. The third-order valence-corrected chi connectivity index (χ3v) is 3.33. The topological polar surface area (TPSA) is 39.2 Å². The molecule has 0 saturated heterocycles. The Bertz CT molecular complexity index is 408. The molecule has 140 valence electrons.